The van der Waals surface area contributed by atoms with Gasteiger partial charge in [-0.3, -0.25) is 14.6 Å². The number of ether oxygens (including phenoxy) is 1. The Hall–Kier alpha value is -1.91. The van der Waals surface area contributed by atoms with E-state index in [4.69, 9.17) is 4.74 Å². The molecule has 1 amide bonds. The van der Waals surface area contributed by atoms with E-state index in [2.05, 4.69) is 10.3 Å². The molecule has 5 nitrogen and oxygen atoms in total. The molecule has 0 unspecified atom stereocenters. The van der Waals surface area contributed by atoms with Crippen LogP contribution in [-0.4, -0.2) is 30.0 Å². The molecule has 0 saturated heterocycles. The van der Waals surface area contributed by atoms with Crippen molar-refractivity contribution in [3.05, 3.63) is 30.1 Å². The van der Waals surface area contributed by atoms with Gasteiger partial charge in [0.2, 0.25) is 0 Å². The van der Waals surface area contributed by atoms with Gasteiger partial charge in [0, 0.05) is 25.4 Å². The number of hydrogen-bond donors (Lipinski definition) is 1. The Morgan fingerprint density at radius 2 is 2.29 bits per heavy atom. The molecule has 0 bridgehead atoms. The molecule has 1 N–H and O–H groups in total. The molecule has 17 heavy (non-hydrogen) atoms. The average molecular weight is 236 g/mol. The molecular weight excluding hydrogens is 220 g/mol. The lowest BCUT2D eigenvalue weighted by molar-refractivity contribution is -0.143. The van der Waals surface area contributed by atoms with E-state index < -0.39 is 0 Å². The lowest BCUT2D eigenvalue weighted by atomic mass is 10.2. The molecule has 0 aromatic carbocycles. The third kappa shape index (κ3) is 5.10. The highest BCUT2D eigenvalue weighted by atomic mass is 16.5. The van der Waals surface area contributed by atoms with Crippen molar-refractivity contribution in [2.45, 2.75) is 19.8 Å². The number of carbonyl (C=O) groups is 2. The van der Waals surface area contributed by atoms with Crippen molar-refractivity contribution in [1.29, 1.82) is 0 Å². The number of rotatable bonds is 6. The quantitative estimate of drug-likeness (QED) is 0.594. The van der Waals surface area contributed by atoms with Crippen molar-refractivity contribution < 1.29 is 14.3 Å². The van der Waals surface area contributed by atoms with Crippen molar-refractivity contribution in [3.63, 3.8) is 0 Å². The molecule has 1 aromatic rings. The molecule has 0 atom stereocenters. The summed E-state index contributed by atoms with van der Waals surface area (Å²) in [5.41, 5.74) is 0.517. The fourth-order valence-corrected chi connectivity index (χ4v) is 1.27. The van der Waals surface area contributed by atoms with Crippen LogP contribution in [0, 0.1) is 0 Å². The van der Waals surface area contributed by atoms with E-state index >= 15 is 0 Å². The van der Waals surface area contributed by atoms with Gasteiger partial charge < -0.3 is 10.1 Å². The minimum absolute atomic E-state index is 0.179. The van der Waals surface area contributed by atoms with E-state index in [9.17, 15) is 9.59 Å². The topological polar surface area (TPSA) is 68.3 Å². The summed E-state index contributed by atoms with van der Waals surface area (Å²) in [6.07, 6.45) is 4.00. The lowest BCUT2D eigenvalue weighted by Gasteiger charge is -2.04. The van der Waals surface area contributed by atoms with Gasteiger partial charge in [0.15, 0.2) is 0 Å². The molecule has 1 rings (SSSR count). The maximum absolute atomic E-state index is 11.5. The number of hydrogen-bond acceptors (Lipinski definition) is 4. The van der Waals surface area contributed by atoms with Crippen molar-refractivity contribution in [3.8, 4) is 0 Å². The van der Waals surface area contributed by atoms with Gasteiger partial charge in [-0.25, -0.2) is 0 Å². The average Bonchev–Trinajstić information content (AvgIpc) is 2.36. The zero-order valence-corrected chi connectivity index (χ0v) is 9.81. The highest BCUT2D eigenvalue weighted by molar-refractivity contribution is 5.93. The molecule has 1 aromatic heterocycles. The highest BCUT2D eigenvalue weighted by Gasteiger charge is 2.05. The van der Waals surface area contributed by atoms with E-state index in [-0.39, 0.29) is 11.9 Å². The molecule has 0 saturated carbocycles. The minimum Gasteiger partial charge on any atom is -0.466 e. The predicted molar refractivity (Wildman–Crippen MR) is 62.4 cm³/mol. The van der Waals surface area contributed by atoms with Crippen LogP contribution in [0.5, 0.6) is 0 Å². The number of aromatic nitrogens is 1. The smallest absolute Gasteiger partial charge is 0.305 e. The summed E-state index contributed by atoms with van der Waals surface area (Å²) in [4.78, 5) is 26.4. The summed E-state index contributed by atoms with van der Waals surface area (Å²) < 4.78 is 4.77. The Labute approximate surface area is 100 Å². The van der Waals surface area contributed by atoms with E-state index in [1.54, 1.807) is 25.3 Å². The zero-order chi connectivity index (χ0) is 12.5. The van der Waals surface area contributed by atoms with Crippen molar-refractivity contribution >= 4 is 11.9 Å². The fourth-order valence-electron chi connectivity index (χ4n) is 1.27. The van der Waals surface area contributed by atoms with Crippen LogP contribution in [0.15, 0.2) is 24.5 Å². The summed E-state index contributed by atoms with van der Waals surface area (Å²) in [6.45, 7) is 2.61. The molecule has 0 spiro atoms. The monoisotopic (exact) mass is 236 g/mol. The first-order valence-electron chi connectivity index (χ1n) is 5.58. The first-order valence-corrected chi connectivity index (χ1v) is 5.58. The van der Waals surface area contributed by atoms with E-state index in [0.29, 0.717) is 31.6 Å². The van der Waals surface area contributed by atoms with Gasteiger partial charge in [0.25, 0.3) is 5.91 Å². The fraction of sp³-hybridized carbons (Fsp3) is 0.417. The summed E-state index contributed by atoms with van der Waals surface area (Å²) in [5.74, 6) is -0.412. The number of pyridine rings is 1. The maximum Gasteiger partial charge on any atom is 0.305 e. The van der Waals surface area contributed by atoms with E-state index in [1.165, 1.54) is 6.20 Å². The molecule has 0 aliphatic carbocycles. The van der Waals surface area contributed by atoms with Gasteiger partial charge >= 0.3 is 5.97 Å². The molecule has 0 aliphatic heterocycles. The van der Waals surface area contributed by atoms with Crippen LogP contribution in [-0.2, 0) is 9.53 Å². The molecule has 0 fully saturated rings. The Morgan fingerprint density at radius 1 is 1.47 bits per heavy atom. The van der Waals surface area contributed by atoms with Gasteiger partial charge in [-0.1, -0.05) is 0 Å². The Kier molecular flexibility index (Phi) is 5.71. The molecule has 5 heteroatoms. The van der Waals surface area contributed by atoms with Crippen molar-refractivity contribution in [2.75, 3.05) is 13.2 Å². The van der Waals surface area contributed by atoms with Crippen LogP contribution in [0.3, 0.4) is 0 Å². The van der Waals surface area contributed by atoms with E-state index in [1.807, 2.05) is 0 Å². The molecule has 0 radical (unpaired) electrons. The van der Waals surface area contributed by atoms with Gasteiger partial charge in [0.05, 0.1) is 12.2 Å². The summed E-state index contributed by atoms with van der Waals surface area (Å²) in [7, 11) is 0. The molecule has 0 aliphatic rings. The third-order valence-corrected chi connectivity index (χ3v) is 2.07. The Morgan fingerprint density at radius 3 is 2.94 bits per heavy atom. The van der Waals surface area contributed by atoms with Crippen LogP contribution < -0.4 is 5.32 Å². The van der Waals surface area contributed by atoms with Gasteiger partial charge in [-0.05, 0) is 25.5 Å². The number of esters is 1. The van der Waals surface area contributed by atoms with Crippen molar-refractivity contribution in [1.82, 2.24) is 10.3 Å². The molecule has 92 valence electrons. The Balaban J connectivity index is 2.19. The number of nitrogens with one attached hydrogen (secondary N) is 1. The first kappa shape index (κ1) is 13.2. The minimum atomic E-state index is -0.233. The van der Waals surface area contributed by atoms with Crippen LogP contribution in [0.25, 0.3) is 0 Å². The second-order valence-electron chi connectivity index (χ2n) is 3.41. The van der Waals surface area contributed by atoms with Crippen LogP contribution in [0.4, 0.5) is 0 Å². The van der Waals surface area contributed by atoms with Gasteiger partial charge in [-0.15, -0.1) is 0 Å². The standard InChI is InChI=1S/C12H16N2O3/c1-2-17-11(15)6-4-8-14-12(16)10-5-3-7-13-9-10/h3,5,7,9H,2,4,6,8H2,1H3,(H,14,16). The first-order chi connectivity index (χ1) is 8.24. The SMILES string of the molecule is CCOC(=O)CCCNC(=O)c1cccnc1. The van der Waals surface area contributed by atoms with Crippen LogP contribution in [0.2, 0.25) is 0 Å². The normalized spacial score (nSPS) is 9.71. The largest absolute Gasteiger partial charge is 0.466 e. The number of nitrogens with zero attached hydrogens (tertiary/aromatic N) is 1. The predicted octanol–water partition coefficient (Wildman–Crippen LogP) is 1.15. The molecular formula is C12H16N2O3. The van der Waals surface area contributed by atoms with Crippen molar-refractivity contribution in [2.24, 2.45) is 0 Å². The second-order valence-corrected chi connectivity index (χ2v) is 3.41. The summed E-state index contributed by atoms with van der Waals surface area (Å²) in [6, 6.07) is 3.39. The van der Waals surface area contributed by atoms with E-state index in [0.717, 1.165) is 0 Å². The van der Waals surface area contributed by atoms with Gasteiger partial charge in [-0.2, -0.15) is 0 Å². The number of carbonyl (C=O) groups excluding carboxylic acids is 2. The summed E-state index contributed by atoms with van der Waals surface area (Å²) in [5, 5.41) is 2.71. The van der Waals surface area contributed by atoms with Crippen LogP contribution >= 0.6 is 0 Å². The number of amides is 1. The highest BCUT2D eigenvalue weighted by Crippen LogP contribution is 1.96. The third-order valence-electron chi connectivity index (χ3n) is 2.07. The molecule has 1 heterocycles. The lowest BCUT2D eigenvalue weighted by Crippen LogP contribution is -2.25. The maximum atomic E-state index is 11.5. The second kappa shape index (κ2) is 7.38. The summed E-state index contributed by atoms with van der Waals surface area (Å²) >= 11 is 0. The zero-order valence-electron chi connectivity index (χ0n) is 9.81. The van der Waals surface area contributed by atoms with Crippen LogP contribution in [0.1, 0.15) is 30.1 Å². The van der Waals surface area contributed by atoms with Gasteiger partial charge in [0.1, 0.15) is 0 Å². The Bertz CT molecular complexity index is 365.